The molecule has 0 amide bonds. The molecule has 0 N–H and O–H groups in total. The van der Waals surface area contributed by atoms with Gasteiger partial charge in [-0.15, -0.1) is 12.1 Å². The van der Waals surface area contributed by atoms with E-state index in [-0.39, 0.29) is 5.82 Å². The van der Waals surface area contributed by atoms with Crippen molar-refractivity contribution < 1.29 is 25.5 Å². The molecule has 0 aliphatic carbocycles. The zero-order valence-corrected chi connectivity index (χ0v) is 13.8. The van der Waals surface area contributed by atoms with Gasteiger partial charge < -0.3 is 4.74 Å². The summed E-state index contributed by atoms with van der Waals surface area (Å²) in [6.07, 6.45) is 0. The minimum absolute atomic E-state index is 0.230. The summed E-state index contributed by atoms with van der Waals surface area (Å²) in [7, 11) is 0. The average Bonchev–Trinajstić information content (AvgIpc) is 2.42. The van der Waals surface area contributed by atoms with Crippen LogP contribution in [0.25, 0.3) is 0 Å². The van der Waals surface area contributed by atoms with Crippen LogP contribution in [0.5, 0.6) is 5.75 Å². The number of halogens is 2. The van der Waals surface area contributed by atoms with Gasteiger partial charge in [-0.3, -0.25) is 0 Å². The fourth-order valence-corrected chi connectivity index (χ4v) is 1.21. The summed E-state index contributed by atoms with van der Waals surface area (Å²) >= 11 is 4.25. The molecule has 0 saturated heterocycles. The molecule has 84 valence electrons. The maximum absolute atomic E-state index is 12.6. The first-order valence-electron chi connectivity index (χ1n) is 4.95. The first-order chi connectivity index (χ1) is 8.34. The van der Waals surface area contributed by atoms with Crippen molar-refractivity contribution >= 4 is 13.6 Å². The molecule has 0 spiro atoms. The Morgan fingerprint density at radius 2 is 1.88 bits per heavy atom. The van der Waals surface area contributed by atoms with Crippen LogP contribution in [0.3, 0.4) is 0 Å². The van der Waals surface area contributed by atoms with Crippen molar-refractivity contribution in [3.05, 3.63) is 66.0 Å². The third kappa shape index (κ3) is 5.42. The Kier molecular flexibility index (Phi) is 7.06. The molecule has 1 nitrogen and oxygen atoms in total. The summed E-state index contributed by atoms with van der Waals surface area (Å²) in [5.41, 5.74) is 0.945. The van der Waals surface area contributed by atoms with Gasteiger partial charge in [-0.1, -0.05) is 12.1 Å². The molecule has 4 heteroatoms. The normalized spacial score (nSPS) is 9.18. The van der Waals surface area contributed by atoms with Gasteiger partial charge in [0.2, 0.25) is 0 Å². The van der Waals surface area contributed by atoms with Crippen molar-refractivity contribution in [2.75, 3.05) is 0 Å². The number of rotatable bonds is 3. The van der Waals surface area contributed by atoms with Gasteiger partial charge in [-0.2, -0.15) is 18.2 Å². The van der Waals surface area contributed by atoms with E-state index in [9.17, 15) is 4.39 Å². The van der Waals surface area contributed by atoms with Gasteiger partial charge in [0, 0.05) is 5.75 Å². The molecular formula is C13H10BrFOZn. The van der Waals surface area contributed by atoms with Gasteiger partial charge in [0.1, 0.15) is 5.82 Å². The average molecular weight is 347 g/mol. The molecule has 0 unspecified atom stereocenters. The van der Waals surface area contributed by atoms with Gasteiger partial charge in [0.15, 0.2) is 0 Å². The molecule has 2 rings (SSSR count). The molecule has 17 heavy (non-hydrogen) atoms. The zero-order valence-electron chi connectivity index (χ0n) is 9.20. The van der Waals surface area contributed by atoms with Gasteiger partial charge in [-0.25, -0.2) is 4.39 Å². The summed E-state index contributed by atoms with van der Waals surface area (Å²) in [5.74, 6) is 0.536. The second kappa shape index (κ2) is 8.38. The van der Waals surface area contributed by atoms with Gasteiger partial charge in [0.25, 0.3) is 0 Å². The first kappa shape index (κ1) is 14.3. The van der Waals surface area contributed by atoms with Crippen LogP contribution in [0.4, 0.5) is 4.39 Å². The van der Waals surface area contributed by atoms with E-state index in [0.717, 1.165) is 11.3 Å². The Bertz CT molecular complexity index is 419. The predicted octanol–water partition coefficient (Wildman–Crippen LogP) is 4.05. The van der Waals surface area contributed by atoms with Crippen molar-refractivity contribution in [3.63, 3.8) is 0 Å². The number of hydrogen-bond donors (Lipinski definition) is 0. The van der Waals surface area contributed by atoms with E-state index in [4.69, 9.17) is 4.74 Å². The Hall–Kier alpha value is -0.727. The third-order valence-electron chi connectivity index (χ3n) is 2.00. The summed E-state index contributed by atoms with van der Waals surface area (Å²) in [4.78, 5) is 0. The van der Waals surface area contributed by atoms with Gasteiger partial charge in [-0.05, 0) is 17.7 Å². The minimum atomic E-state index is -0.230. The van der Waals surface area contributed by atoms with E-state index in [1.165, 1.54) is 28.5 Å². The zero-order chi connectivity index (χ0) is 12.5. The Morgan fingerprint density at radius 3 is 2.47 bits per heavy atom. The molecule has 0 aliphatic heterocycles. The summed E-state index contributed by atoms with van der Waals surface area (Å²) in [6, 6.07) is 16.5. The topological polar surface area (TPSA) is 9.23 Å². The molecule has 0 heterocycles. The summed E-state index contributed by atoms with van der Waals surface area (Å²) < 4.78 is 18.1. The Labute approximate surface area is 117 Å². The molecule has 2 aromatic rings. The summed E-state index contributed by atoms with van der Waals surface area (Å²) in [6.45, 7) is 0.443. The Balaban J connectivity index is 0.000000686. The molecule has 0 saturated carbocycles. The molecule has 0 fully saturated rings. The van der Waals surface area contributed by atoms with Gasteiger partial charge in [0.05, 0.1) is 6.61 Å². The molecule has 2 aromatic carbocycles. The molecule has 0 bridgehead atoms. The second-order valence-corrected chi connectivity index (χ2v) is 3.15. The van der Waals surface area contributed by atoms with Crippen LogP contribution < -0.4 is 4.74 Å². The van der Waals surface area contributed by atoms with E-state index in [0.29, 0.717) is 6.61 Å². The van der Waals surface area contributed by atoms with E-state index >= 15 is 0 Å². The van der Waals surface area contributed by atoms with Gasteiger partial charge >= 0.3 is 30.0 Å². The number of ether oxygens (including phenoxy) is 1. The van der Waals surface area contributed by atoms with Crippen LogP contribution in [0.1, 0.15) is 5.56 Å². The first-order valence-corrected chi connectivity index (χ1v) is 11.9. The SMILES string of the molecule is Fc1ccc(COc2c[c-]ccc2)cc1.[Zn+][Br]. The van der Waals surface area contributed by atoms with Crippen molar-refractivity contribution in [2.45, 2.75) is 6.61 Å². The van der Waals surface area contributed by atoms with Crippen molar-refractivity contribution in [3.8, 4) is 5.75 Å². The molecular weight excluding hydrogens is 336 g/mol. The van der Waals surface area contributed by atoms with Crippen LogP contribution in [-0.4, -0.2) is 0 Å². The molecule has 0 radical (unpaired) electrons. The number of benzene rings is 2. The maximum atomic E-state index is 12.6. The van der Waals surface area contributed by atoms with Crippen LogP contribution in [0.2, 0.25) is 0 Å². The van der Waals surface area contributed by atoms with Crippen LogP contribution in [0, 0.1) is 11.9 Å². The van der Waals surface area contributed by atoms with Crippen molar-refractivity contribution in [1.29, 1.82) is 0 Å². The van der Waals surface area contributed by atoms with Crippen LogP contribution in [0.15, 0.2) is 48.5 Å². The van der Waals surface area contributed by atoms with Crippen molar-refractivity contribution in [1.82, 2.24) is 0 Å². The van der Waals surface area contributed by atoms with E-state index in [1.54, 1.807) is 18.2 Å². The predicted molar refractivity (Wildman–Crippen MR) is 64.9 cm³/mol. The van der Waals surface area contributed by atoms with E-state index < -0.39 is 0 Å². The van der Waals surface area contributed by atoms with Crippen LogP contribution >= 0.6 is 13.6 Å². The third-order valence-corrected chi connectivity index (χ3v) is 2.00. The number of hydrogen-bond acceptors (Lipinski definition) is 1. The summed E-state index contributed by atoms with van der Waals surface area (Å²) in [5, 5.41) is 0. The van der Waals surface area contributed by atoms with Crippen LogP contribution in [-0.2, 0) is 22.9 Å². The molecule has 0 aliphatic rings. The quantitative estimate of drug-likeness (QED) is 0.602. The van der Waals surface area contributed by atoms with E-state index in [2.05, 4.69) is 19.7 Å². The van der Waals surface area contributed by atoms with E-state index in [1.807, 2.05) is 18.2 Å². The fourth-order valence-electron chi connectivity index (χ4n) is 1.21. The molecule has 0 atom stereocenters. The molecule has 0 aromatic heterocycles. The monoisotopic (exact) mass is 344 g/mol. The second-order valence-electron chi connectivity index (χ2n) is 3.15. The van der Waals surface area contributed by atoms with Crippen molar-refractivity contribution in [2.24, 2.45) is 0 Å². The fraction of sp³-hybridized carbons (Fsp3) is 0.0769. The Morgan fingerprint density at radius 1 is 1.18 bits per heavy atom. The standard InChI is InChI=1S/C13H10FO.BrH.Zn/c14-12-8-6-11(7-9-12)10-15-13-4-2-1-3-5-13;;/h1-2,4-9H,10H2;1H;/q-1;;+2/p-1.